The van der Waals surface area contributed by atoms with E-state index >= 15 is 0 Å². The molecule has 0 saturated heterocycles. The molecule has 2 unspecified atom stereocenters. The minimum absolute atomic E-state index is 0.0763. The van der Waals surface area contributed by atoms with Crippen LogP contribution in [0.2, 0.25) is 5.02 Å². The van der Waals surface area contributed by atoms with Crippen LogP contribution in [0.4, 0.5) is 0 Å². The molecule has 0 spiro atoms. The molecule has 38 heavy (non-hydrogen) atoms. The number of hydrogen-bond acceptors (Lipinski definition) is 5. The number of halogens is 1. The quantitative estimate of drug-likeness (QED) is 0.219. The van der Waals surface area contributed by atoms with Crippen LogP contribution in [0.1, 0.15) is 40.1 Å². The predicted molar refractivity (Wildman–Crippen MR) is 149 cm³/mol. The molecule has 0 aliphatic heterocycles. The van der Waals surface area contributed by atoms with Crippen molar-refractivity contribution in [2.45, 2.75) is 25.5 Å². The number of nitrogens with one attached hydrogen (secondary N) is 1. The van der Waals surface area contributed by atoms with Gasteiger partial charge in [-0.05, 0) is 47.0 Å². The van der Waals surface area contributed by atoms with E-state index in [-0.39, 0.29) is 28.7 Å². The number of fused-ring (bicyclic) bond motifs is 1. The second kappa shape index (κ2) is 11.9. The molecule has 0 radical (unpaired) electrons. The van der Waals surface area contributed by atoms with E-state index in [1.807, 2.05) is 73.7 Å². The maximum atomic E-state index is 13.2. The highest BCUT2D eigenvalue weighted by Gasteiger charge is 2.24. The zero-order chi connectivity index (χ0) is 27.2. The summed E-state index contributed by atoms with van der Waals surface area (Å²) in [7, 11) is 1.70. The summed E-state index contributed by atoms with van der Waals surface area (Å²) < 4.78 is 0. The van der Waals surface area contributed by atoms with Crippen molar-refractivity contribution in [1.82, 2.24) is 10.3 Å². The van der Waals surface area contributed by atoms with Gasteiger partial charge in [-0.15, -0.1) is 0 Å². The number of rotatable bonds is 8. The van der Waals surface area contributed by atoms with Crippen LogP contribution in [-0.4, -0.2) is 46.2 Å². The number of phenols is 1. The Hall–Kier alpha value is -4.20. The number of hydrazone groups is 1. The highest BCUT2D eigenvalue weighted by molar-refractivity contribution is 6.32. The Kier molecular flexibility index (Phi) is 8.41. The summed E-state index contributed by atoms with van der Waals surface area (Å²) in [6, 6.07) is 24.4. The first-order chi connectivity index (χ1) is 18.3. The van der Waals surface area contributed by atoms with Crippen molar-refractivity contribution in [2.24, 2.45) is 5.10 Å². The molecule has 0 heterocycles. The van der Waals surface area contributed by atoms with Crippen molar-refractivity contribution in [1.29, 1.82) is 0 Å². The Bertz CT molecular complexity index is 1490. The monoisotopic (exact) mass is 529 g/mol. The van der Waals surface area contributed by atoms with Gasteiger partial charge in [0.15, 0.2) is 0 Å². The Morgan fingerprint density at radius 1 is 1.00 bits per heavy atom. The number of phenolic OH excluding ortho intramolecular Hbond substituents is 1. The van der Waals surface area contributed by atoms with Gasteiger partial charge in [-0.2, -0.15) is 5.10 Å². The lowest BCUT2D eigenvalue weighted by molar-refractivity contribution is -0.133. The Labute approximate surface area is 226 Å². The highest BCUT2D eigenvalue weighted by Crippen LogP contribution is 2.25. The fraction of sp³-hybridized carbons (Fsp3) is 0.167. The van der Waals surface area contributed by atoms with Gasteiger partial charge in [0.2, 0.25) is 5.91 Å². The van der Waals surface area contributed by atoms with Gasteiger partial charge in [-0.3, -0.25) is 9.59 Å². The lowest BCUT2D eigenvalue weighted by Gasteiger charge is -2.29. The normalized spacial score (nSPS) is 12.8. The summed E-state index contributed by atoms with van der Waals surface area (Å²) in [5, 5.41) is 26.2. The lowest BCUT2D eigenvalue weighted by atomic mass is 9.97. The molecule has 0 saturated carbocycles. The van der Waals surface area contributed by atoms with Crippen LogP contribution in [0.15, 0.2) is 90.0 Å². The largest absolute Gasteiger partial charge is 0.506 e. The molecule has 0 aliphatic carbocycles. The second-order valence-corrected chi connectivity index (χ2v) is 9.41. The average Bonchev–Trinajstić information content (AvgIpc) is 2.94. The fourth-order valence-electron chi connectivity index (χ4n) is 4.18. The van der Waals surface area contributed by atoms with E-state index in [0.717, 1.165) is 27.5 Å². The van der Waals surface area contributed by atoms with Crippen molar-refractivity contribution >= 4 is 40.4 Å². The third-order valence-corrected chi connectivity index (χ3v) is 6.87. The number of hydrogen-bond donors (Lipinski definition) is 3. The zero-order valence-electron chi connectivity index (χ0n) is 21.0. The Morgan fingerprint density at radius 2 is 1.68 bits per heavy atom. The number of benzene rings is 4. The number of aliphatic hydroxyl groups is 1. The summed E-state index contributed by atoms with van der Waals surface area (Å²) >= 11 is 5.88. The van der Waals surface area contributed by atoms with E-state index in [4.69, 9.17) is 11.6 Å². The molecule has 4 aromatic rings. The van der Waals surface area contributed by atoms with Crippen molar-refractivity contribution < 1.29 is 19.8 Å². The third-order valence-electron chi connectivity index (χ3n) is 6.57. The second-order valence-electron chi connectivity index (χ2n) is 9.00. The first kappa shape index (κ1) is 26.9. The third kappa shape index (κ3) is 6.02. The zero-order valence-corrected chi connectivity index (χ0v) is 21.8. The summed E-state index contributed by atoms with van der Waals surface area (Å²) in [6.45, 7) is 1.83. The van der Waals surface area contributed by atoms with Crippen molar-refractivity contribution in [3.8, 4) is 5.75 Å². The summed E-state index contributed by atoms with van der Waals surface area (Å²) in [6.07, 6.45) is 0.907. The minimum Gasteiger partial charge on any atom is -0.506 e. The molecule has 4 rings (SSSR count). The maximum Gasteiger partial charge on any atom is 0.271 e. The van der Waals surface area contributed by atoms with Gasteiger partial charge in [-0.25, -0.2) is 5.43 Å². The molecular weight excluding hydrogens is 502 g/mol. The van der Waals surface area contributed by atoms with Crippen molar-refractivity contribution in [2.75, 3.05) is 7.05 Å². The smallest absolute Gasteiger partial charge is 0.271 e. The standard InChI is InChI=1S/C30H28ClN3O4/c1-19(29(37)20-8-4-3-5-9-20)34(2)28(36)17-21-12-13-23(25-11-7-6-10-24(21)25)18-32-33-30(38)22-14-15-27(35)26(31)16-22/h3-16,18-19,29,35,37H,17H2,1-2H3,(H,33,38). The summed E-state index contributed by atoms with van der Waals surface area (Å²) in [5.41, 5.74) is 5.10. The predicted octanol–water partition coefficient (Wildman–Crippen LogP) is 5.09. The molecule has 194 valence electrons. The molecule has 8 heteroatoms. The molecule has 0 bridgehead atoms. The number of carbonyl (C=O) groups is 2. The molecule has 7 nitrogen and oxygen atoms in total. The number of aliphatic hydroxyl groups excluding tert-OH is 1. The van der Waals surface area contributed by atoms with Crippen LogP contribution >= 0.6 is 11.6 Å². The van der Waals surface area contributed by atoms with Gasteiger partial charge in [0.1, 0.15) is 5.75 Å². The molecule has 0 aliphatic rings. The van der Waals surface area contributed by atoms with Gasteiger partial charge in [-0.1, -0.05) is 78.3 Å². The minimum atomic E-state index is -0.798. The van der Waals surface area contributed by atoms with Crippen LogP contribution in [-0.2, 0) is 11.2 Å². The van der Waals surface area contributed by atoms with Gasteiger partial charge >= 0.3 is 0 Å². The molecule has 2 atom stereocenters. The van der Waals surface area contributed by atoms with E-state index in [9.17, 15) is 19.8 Å². The summed E-state index contributed by atoms with van der Waals surface area (Å²) in [5.74, 6) is -0.687. The molecule has 2 amide bonds. The van der Waals surface area contributed by atoms with Gasteiger partial charge in [0, 0.05) is 18.2 Å². The van der Waals surface area contributed by atoms with Crippen LogP contribution in [0, 0.1) is 0 Å². The first-order valence-corrected chi connectivity index (χ1v) is 12.4. The number of carbonyl (C=O) groups excluding carboxylic acids is 2. The Morgan fingerprint density at radius 3 is 2.39 bits per heavy atom. The topological polar surface area (TPSA) is 102 Å². The molecule has 0 aromatic heterocycles. The van der Waals surface area contributed by atoms with Gasteiger partial charge in [0.05, 0.1) is 29.8 Å². The highest BCUT2D eigenvalue weighted by atomic mass is 35.5. The summed E-state index contributed by atoms with van der Waals surface area (Å²) in [4.78, 5) is 27.1. The Balaban J connectivity index is 1.48. The van der Waals surface area contributed by atoms with Gasteiger partial charge in [0.25, 0.3) is 5.91 Å². The fourth-order valence-corrected chi connectivity index (χ4v) is 4.36. The molecular formula is C30H28ClN3O4. The molecule has 4 aromatic carbocycles. The van der Waals surface area contributed by atoms with E-state index in [1.165, 1.54) is 24.4 Å². The van der Waals surface area contributed by atoms with Crippen LogP contribution < -0.4 is 5.43 Å². The average molecular weight is 530 g/mol. The molecule has 0 fully saturated rings. The van der Waals surface area contributed by atoms with E-state index < -0.39 is 18.1 Å². The van der Waals surface area contributed by atoms with Crippen LogP contribution in [0.3, 0.4) is 0 Å². The van der Waals surface area contributed by atoms with E-state index in [1.54, 1.807) is 11.9 Å². The number of amides is 2. The van der Waals surface area contributed by atoms with Crippen LogP contribution in [0.5, 0.6) is 5.75 Å². The van der Waals surface area contributed by atoms with Gasteiger partial charge < -0.3 is 15.1 Å². The van der Waals surface area contributed by atoms with E-state index in [2.05, 4.69) is 10.5 Å². The van der Waals surface area contributed by atoms with Crippen LogP contribution in [0.25, 0.3) is 10.8 Å². The first-order valence-electron chi connectivity index (χ1n) is 12.1. The number of likely N-dealkylation sites (N-methyl/N-ethyl adjacent to an activating group) is 1. The SMILES string of the molecule is CC(C(O)c1ccccc1)N(C)C(=O)Cc1ccc(C=NNC(=O)c2ccc(O)c(Cl)c2)c2ccccc12. The molecule has 3 N–H and O–H groups in total. The van der Waals surface area contributed by atoms with E-state index in [0.29, 0.717) is 0 Å². The number of aromatic hydroxyl groups is 1. The lowest BCUT2D eigenvalue weighted by Crippen LogP contribution is -2.39. The maximum absolute atomic E-state index is 13.2. The van der Waals surface area contributed by atoms with Crippen molar-refractivity contribution in [3.05, 3.63) is 112 Å². The van der Waals surface area contributed by atoms with Crippen molar-refractivity contribution in [3.63, 3.8) is 0 Å². The number of nitrogens with zero attached hydrogens (tertiary/aromatic N) is 2.